The molecule has 1 rings (SSSR count). The van der Waals surface area contributed by atoms with Gasteiger partial charge in [0.15, 0.2) is 11.6 Å². The summed E-state index contributed by atoms with van der Waals surface area (Å²) in [6, 6.07) is 2.12. The van der Waals surface area contributed by atoms with Crippen LogP contribution >= 0.6 is 0 Å². The van der Waals surface area contributed by atoms with E-state index in [0.717, 1.165) is 12.1 Å². The summed E-state index contributed by atoms with van der Waals surface area (Å²) >= 11 is 0. The van der Waals surface area contributed by atoms with Gasteiger partial charge in [-0.05, 0) is 18.6 Å². The van der Waals surface area contributed by atoms with Crippen molar-refractivity contribution < 1.29 is 13.5 Å². The van der Waals surface area contributed by atoms with Crippen LogP contribution in [0.5, 0.6) is 5.75 Å². The van der Waals surface area contributed by atoms with Crippen LogP contribution in [0.3, 0.4) is 0 Å². The van der Waals surface area contributed by atoms with Crippen LogP contribution in [0.2, 0.25) is 0 Å². The van der Waals surface area contributed by atoms with E-state index in [4.69, 9.17) is 4.74 Å². The van der Waals surface area contributed by atoms with Gasteiger partial charge in [0.05, 0.1) is 7.11 Å². The molecule has 1 nitrogen and oxygen atoms in total. The molecule has 0 heterocycles. The van der Waals surface area contributed by atoms with Crippen molar-refractivity contribution in [3.8, 4) is 5.75 Å². The van der Waals surface area contributed by atoms with E-state index in [-0.39, 0.29) is 17.7 Å². The highest BCUT2D eigenvalue weighted by Gasteiger charge is 2.12. The van der Waals surface area contributed by atoms with Crippen molar-refractivity contribution in [3.05, 3.63) is 42.0 Å². The number of allylic oxidation sites excluding steroid dienone is 1. The lowest BCUT2D eigenvalue weighted by Crippen LogP contribution is -1.97. The molecule has 0 atom stereocenters. The first-order chi connectivity index (χ1) is 6.20. The average Bonchev–Trinajstić information content (AvgIpc) is 2.12. The largest absolute Gasteiger partial charge is 0.493 e. The van der Waals surface area contributed by atoms with Crippen molar-refractivity contribution in [1.29, 1.82) is 0 Å². The molecule has 0 amide bonds. The van der Waals surface area contributed by atoms with Gasteiger partial charge >= 0.3 is 0 Å². The first-order valence-electron chi connectivity index (χ1n) is 3.82. The van der Waals surface area contributed by atoms with Gasteiger partial charge in [-0.2, -0.15) is 0 Å². The maximum atomic E-state index is 13.1. The minimum Gasteiger partial charge on any atom is -0.493 e. The number of ether oxygens (including phenoxy) is 1. The van der Waals surface area contributed by atoms with Crippen molar-refractivity contribution in [3.63, 3.8) is 0 Å². The van der Waals surface area contributed by atoms with Crippen molar-refractivity contribution in [2.24, 2.45) is 0 Å². The van der Waals surface area contributed by atoms with Gasteiger partial charge in [0.25, 0.3) is 0 Å². The van der Waals surface area contributed by atoms with Crippen LogP contribution < -0.4 is 4.74 Å². The van der Waals surface area contributed by atoms with Crippen molar-refractivity contribution in [2.75, 3.05) is 7.11 Å². The number of hydrogen-bond acceptors (Lipinski definition) is 1. The summed E-state index contributed by atoms with van der Waals surface area (Å²) in [7, 11) is 1.31. The molecular formula is C10H10F2O. The fraction of sp³-hybridized carbons (Fsp3) is 0.200. The first-order valence-corrected chi connectivity index (χ1v) is 3.82. The molecule has 1 aromatic rings. The molecule has 0 saturated heterocycles. The van der Waals surface area contributed by atoms with E-state index in [1.807, 2.05) is 0 Å². The van der Waals surface area contributed by atoms with Gasteiger partial charge in [0.1, 0.15) is 5.82 Å². The second-order valence-corrected chi connectivity index (χ2v) is 2.53. The Morgan fingerprint density at radius 2 is 2.00 bits per heavy atom. The lowest BCUT2D eigenvalue weighted by molar-refractivity contribution is 0.377. The van der Waals surface area contributed by atoms with Gasteiger partial charge in [0, 0.05) is 5.56 Å². The monoisotopic (exact) mass is 184 g/mol. The molecule has 0 unspecified atom stereocenters. The topological polar surface area (TPSA) is 9.23 Å². The highest BCUT2D eigenvalue weighted by Crippen LogP contribution is 2.25. The second kappa shape index (κ2) is 4.03. The Hall–Kier alpha value is -1.38. The van der Waals surface area contributed by atoms with Crippen LogP contribution in [0.25, 0.3) is 0 Å². The third-order valence-electron chi connectivity index (χ3n) is 1.71. The Balaban J connectivity index is 3.25. The number of rotatable bonds is 3. The van der Waals surface area contributed by atoms with Crippen molar-refractivity contribution in [2.45, 2.75) is 6.42 Å². The molecule has 3 heteroatoms. The fourth-order valence-electron chi connectivity index (χ4n) is 1.13. The first kappa shape index (κ1) is 9.71. The lowest BCUT2D eigenvalue weighted by atomic mass is 10.1. The number of halogens is 2. The van der Waals surface area contributed by atoms with Gasteiger partial charge in [0.2, 0.25) is 0 Å². The molecule has 1 aromatic carbocycles. The van der Waals surface area contributed by atoms with Crippen LogP contribution in [0.4, 0.5) is 8.78 Å². The maximum Gasteiger partial charge on any atom is 0.165 e. The quantitative estimate of drug-likeness (QED) is 0.656. The highest BCUT2D eigenvalue weighted by molar-refractivity contribution is 5.37. The van der Waals surface area contributed by atoms with Gasteiger partial charge < -0.3 is 4.74 Å². The van der Waals surface area contributed by atoms with Gasteiger partial charge in [-0.25, -0.2) is 8.78 Å². The molecule has 0 spiro atoms. The third-order valence-corrected chi connectivity index (χ3v) is 1.71. The molecule has 0 bridgehead atoms. The molecule has 0 aliphatic rings. The van der Waals surface area contributed by atoms with Crippen LogP contribution in [0.15, 0.2) is 24.8 Å². The highest BCUT2D eigenvalue weighted by atomic mass is 19.1. The van der Waals surface area contributed by atoms with E-state index in [9.17, 15) is 8.78 Å². The zero-order valence-electron chi connectivity index (χ0n) is 7.31. The number of hydrogen-bond donors (Lipinski definition) is 0. The summed E-state index contributed by atoms with van der Waals surface area (Å²) in [5, 5.41) is 0. The molecule has 0 N–H and O–H groups in total. The van der Waals surface area contributed by atoms with E-state index >= 15 is 0 Å². The normalized spacial score (nSPS) is 9.77. The summed E-state index contributed by atoms with van der Waals surface area (Å²) in [5.74, 6) is -1.07. The van der Waals surface area contributed by atoms with Crippen molar-refractivity contribution >= 4 is 0 Å². The van der Waals surface area contributed by atoms with Crippen LogP contribution in [-0.4, -0.2) is 7.11 Å². The summed E-state index contributed by atoms with van der Waals surface area (Å²) in [4.78, 5) is 0. The Kier molecular flexibility index (Phi) is 3.01. The molecule has 0 aliphatic carbocycles. The van der Waals surface area contributed by atoms with E-state index in [2.05, 4.69) is 6.58 Å². The summed E-state index contributed by atoms with van der Waals surface area (Å²) in [6.45, 7) is 3.46. The third kappa shape index (κ3) is 1.86. The van der Waals surface area contributed by atoms with Crippen LogP contribution in [0.1, 0.15) is 5.56 Å². The standard InChI is InChI=1S/C10H10F2O/c1-3-4-7-8(11)5-6-9(12)10(7)13-2/h3,5-6H,1,4H2,2H3. The van der Waals surface area contributed by atoms with Gasteiger partial charge in [-0.1, -0.05) is 6.08 Å². The molecule has 13 heavy (non-hydrogen) atoms. The maximum absolute atomic E-state index is 13.1. The minimum absolute atomic E-state index is 0.0418. The number of methoxy groups -OCH3 is 1. The Labute approximate surface area is 75.6 Å². The molecule has 70 valence electrons. The molecular weight excluding hydrogens is 174 g/mol. The van der Waals surface area contributed by atoms with Crippen LogP contribution in [0, 0.1) is 11.6 Å². The number of benzene rings is 1. The van der Waals surface area contributed by atoms with E-state index in [1.165, 1.54) is 13.2 Å². The zero-order valence-corrected chi connectivity index (χ0v) is 7.31. The molecule has 0 fully saturated rings. The van der Waals surface area contributed by atoms with E-state index in [1.54, 1.807) is 0 Å². The Bertz CT molecular complexity index is 321. The lowest BCUT2D eigenvalue weighted by Gasteiger charge is -2.08. The smallest absolute Gasteiger partial charge is 0.165 e. The van der Waals surface area contributed by atoms with Gasteiger partial charge in [-0.3, -0.25) is 0 Å². The molecule has 0 aromatic heterocycles. The predicted octanol–water partition coefficient (Wildman–Crippen LogP) is 2.70. The Morgan fingerprint density at radius 3 is 2.54 bits per heavy atom. The summed E-state index contributed by atoms with van der Waals surface area (Å²) in [5.41, 5.74) is 0.206. The van der Waals surface area contributed by atoms with Gasteiger partial charge in [-0.15, -0.1) is 6.58 Å². The predicted molar refractivity (Wildman–Crippen MR) is 46.8 cm³/mol. The second-order valence-electron chi connectivity index (χ2n) is 2.53. The van der Waals surface area contributed by atoms with E-state index in [0.29, 0.717) is 0 Å². The summed E-state index contributed by atoms with van der Waals surface area (Å²) in [6.07, 6.45) is 1.76. The zero-order chi connectivity index (χ0) is 9.84. The van der Waals surface area contributed by atoms with Crippen LogP contribution in [-0.2, 0) is 6.42 Å². The van der Waals surface area contributed by atoms with Crippen molar-refractivity contribution in [1.82, 2.24) is 0 Å². The fourth-order valence-corrected chi connectivity index (χ4v) is 1.13. The molecule has 0 saturated carbocycles. The molecule has 0 radical (unpaired) electrons. The Morgan fingerprint density at radius 1 is 1.38 bits per heavy atom. The van der Waals surface area contributed by atoms with E-state index < -0.39 is 11.6 Å². The molecule has 0 aliphatic heterocycles. The SMILES string of the molecule is C=CCc1c(F)ccc(F)c1OC. The summed E-state index contributed by atoms with van der Waals surface area (Å²) < 4.78 is 30.9. The average molecular weight is 184 g/mol. The minimum atomic E-state index is -0.555.